The fraction of sp³-hybridized carbons (Fsp3) is 0.190. The summed E-state index contributed by atoms with van der Waals surface area (Å²) in [5.74, 6) is -0.0400. The predicted molar refractivity (Wildman–Crippen MR) is 109 cm³/mol. The van der Waals surface area contributed by atoms with E-state index in [-0.39, 0.29) is 16.8 Å². The lowest BCUT2D eigenvalue weighted by molar-refractivity contribution is -0.116. The zero-order valence-electron chi connectivity index (χ0n) is 15.7. The highest BCUT2D eigenvalue weighted by Gasteiger charge is 2.30. The molecule has 0 saturated heterocycles. The molecule has 1 aliphatic rings. The molecule has 0 radical (unpaired) electrons. The Morgan fingerprint density at radius 3 is 2.54 bits per heavy atom. The second-order valence-electron chi connectivity index (χ2n) is 6.98. The first-order valence-corrected chi connectivity index (χ1v) is 10.5. The minimum absolute atomic E-state index is 0.0247. The number of sulfonamides is 1. The number of anilines is 2. The van der Waals surface area contributed by atoms with Crippen LogP contribution < -0.4 is 9.62 Å². The monoisotopic (exact) mass is 395 g/mol. The molecule has 1 N–H and O–H groups in total. The SMILES string of the molecule is CC(=O)N1c2ccc(S(=O)(=O)Nc3cccc(-n4cccc4)c3)cc2C[C@@H]1C. The summed E-state index contributed by atoms with van der Waals surface area (Å²) in [5.41, 5.74) is 3.01. The van der Waals surface area contributed by atoms with Crippen molar-refractivity contribution in [3.8, 4) is 5.69 Å². The molecule has 2 heterocycles. The molecule has 7 heteroatoms. The van der Waals surface area contributed by atoms with E-state index in [1.165, 1.54) is 6.92 Å². The molecule has 2 aromatic carbocycles. The van der Waals surface area contributed by atoms with Crippen LogP contribution in [0.1, 0.15) is 19.4 Å². The molecule has 0 spiro atoms. The lowest BCUT2D eigenvalue weighted by atomic mass is 10.1. The molecular formula is C21H21N3O3S. The number of rotatable bonds is 4. The molecule has 28 heavy (non-hydrogen) atoms. The van der Waals surface area contributed by atoms with E-state index in [4.69, 9.17) is 0 Å². The van der Waals surface area contributed by atoms with E-state index < -0.39 is 10.0 Å². The predicted octanol–water partition coefficient (Wildman–Crippen LogP) is 3.58. The second kappa shape index (κ2) is 6.83. The lowest BCUT2D eigenvalue weighted by Gasteiger charge is -2.20. The van der Waals surface area contributed by atoms with Gasteiger partial charge in [-0.15, -0.1) is 0 Å². The molecule has 0 fully saturated rings. The summed E-state index contributed by atoms with van der Waals surface area (Å²) in [6.07, 6.45) is 4.44. The van der Waals surface area contributed by atoms with Crippen LogP contribution in [-0.4, -0.2) is 24.9 Å². The maximum Gasteiger partial charge on any atom is 0.261 e. The number of nitrogens with one attached hydrogen (secondary N) is 1. The average molecular weight is 395 g/mol. The topological polar surface area (TPSA) is 71.4 Å². The summed E-state index contributed by atoms with van der Waals surface area (Å²) in [6, 6.07) is 16.0. The molecule has 0 bridgehead atoms. The normalized spacial score (nSPS) is 16.1. The molecule has 0 aliphatic carbocycles. The number of benzene rings is 2. The zero-order chi connectivity index (χ0) is 19.9. The molecule has 3 aromatic rings. The van der Waals surface area contributed by atoms with E-state index in [1.807, 2.05) is 48.1 Å². The van der Waals surface area contributed by atoms with Crippen LogP contribution in [0.5, 0.6) is 0 Å². The fourth-order valence-corrected chi connectivity index (χ4v) is 4.80. The van der Waals surface area contributed by atoms with Gasteiger partial charge in [0.05, 0.1) is 10.6 Å². The van der Waals surface area contributed by atoms with Gasteiger partial charge in [-0.2, -0.15) is 0 Å². The Hall–Kier alpha value is -3.06. The maximum atomic E-state index is 12.9. The van der Waals surface area contributed by atoms with Gasteiger partial charge in [-0.1, -0.05) is 6.07 Å². The number of hydrogen-bond acceptors (Lipinski definition) is 3. The van der Waals surface area contributed by atoms with E-state index in [9.17, 15) is 13.2 Å². The quantitative estimate of drug-likeness (QED) is 0.734. The third-order valence-corrected chi connectivity index (χ3v) is 6.30. The van der Waals surface area contributed by atoms with E-state index >= 15 is 0 Å². The second-order valence-corrected chi connectivity index (χ2v) is 8.66. The summed E-state index contributed by atoms with van der Waals surface area (Å²) in [4.78, 5) is 13.8. The Morgan fingerprint density at radius 1 is 1.07 bits per heavy atom. The van der Waals surface area contributed by atoms with Gasteiger partial charge in [-0.3, -0.25) is 9.52 Å². The average Bonchev–Trinajstić information content (AvgIpc) is 3.27. The van der Waals surface area contributed by atoms with Gasteiger partial charge in [0, 0.05) is 36.7 Å². The van der Waals surface area contributed by atoms with Crippen molar-refractivity contribution in [1.82, 2.24) is 4.57 Å². The summed E-state index contributed by atoms with van der Waals surface area (Å²) >= 11 is 0. The van der Waals surface area contributed by atoms with Gasteiger partial charge in [0.25, 0.3) is 10.0 Å². The zero-order valence-corrected chi connectivity index (χ0v) is 16.5. The maximum absolute atomic E-state index is 12.9. The summed E-state index contributed by atoms with van der Waals surface area (Å²) in [5, 5.41) is 0. The van der Waals surface area contributed by atoms with Crippen LogP contribution in [-0.2, 0) is 21.2 Å². The molecule has 1 aliphatic heterocycles. The number of aromatic nitrogens is 1. The van der Waals surface area contributed by atoms with Crippen LogP contribution in [0.2, 0.25) is 0 Å². The van der Waals surface area contributed by atoms with Gasteiger partial charge in [0.15, 0.2) is 0 Å². The standard InChI is InChI=1S/C21H21N3O3S/c1-15-12-17-13-20(8-9-21(17)24(15)16(2)25)28(26,27)22-18-6-5-7-19(14-18)23-10-3-4-11-23/h3-11,13-15,22H,12H2,1-2H3/t15-/m0/s1. The smallest absolute Gasteiger partial charge is 0.261 e. The molecule has 1 atom stereocenters. The molecular weight excluding hydrogens is 374 g/mol. The number of nitrogens with zero attached hydrogens (tertiary/aromatic N) is 2. The number of amides is 1. The van der Waals surface area contributed by atoms with Gasteiger partial charge in [-0.25, -0.2) is 8.42 Å². The van der Waals surface area contributed by atoms with Crippen LogP contribution in [0.25, 0.3) is 5.69 Å². The molecule has 0 unspecified atom stereocenters. The van der Waals surface area contributed by atoms with Crippen molar-refractivity contribution in [2.45, 2.75) is 31.2 Å². The van der Waals surface area contributed by atoms with E-state index in [0.29, 0.717) is 12.1 Å². The molecule has 4 rings (SSSR count). The third kappa shape index (κ3) is 3.29. The lowest BCUT2D eigenvalue weighted by Crippen LogP contribution is -2.33. The van der Waals surface area contributed by atoms with E-state index in [0.717, 1.165) is 16.9 Å². The summed E-state index contributed by atoms with van der Waals surface area (Å²) in [7, 11) is -3.74. The molecule has 0 saturated carbocycles. The van der Waals surface area contributed by atoms with Crippen molar-refractivity contribution in [1.29, 1.82) is 0 Å². The Bertz CT molecular complexity index is 1140. The van der Waals surface area contributed by atoms with Crippen molar-refractivity contribution in [2.75, 3.05) is 9.62 Å². The minimum atomic E-state index is -3.74. The molecule has 144 valence electrons. The number of carbonyl (C=O) groups excluding carboxylic acids is 1. The summed E-state index contributed by atoms with van der Waals surface area (Å²) < 4.78 is 30.4. The van der Waals surface area contributed by atoms with Gasteiger partial charge >= 0.3 is 0 Å². The van der Waals surface area contributed by atoms with Crippen LogP contribution in [0, 0.1) is 0 Å². The highest BCUT2D eigenvalue weighted by Crippen LogP contribution is 2.34. The van der Waals surface area contributed by atoms with E-state index in [1.54, 1.807) is 35.2 Å². The van der Waals surface area contributed by atoms with Crippen molar-refractivity contribution in [3.63, 3.8) is 0 Å². The Balaban J connectivity index is 1.63. The number of carbonyl (C=O) groups is 1. The van der Waals surface area contributed by atoms with Crippen molar-refractivity contribution < 1.29 is 13.2 Å². The number of hydrogen-bond donors (Lipinski definition) is 1. The first-order valence-electron chi connectivity index (χ1n) is 9.04. The van der Waals surface area contributed by atoms with Gasteiger partial charge in [0.1, 0.15) is 0 Å². The molecule has 1 amide bonds. The highest BCUT2D eigenvalue weighted by molar-refractivity contribution is 7.92. The minimum Gasteiger partial charge on any atom is -0.324 e. The highest BCUT2D eigenvalue weighted by atomic mass is 32.2. The molecule has 6 nitrogen and oxygen atoms in total. The summed E-state index contributed by atoms with van der Waals surface area (Å²) in [6.45, 7) is 3.48. The first kappa shape index (κ1) is 18.3. The van der Waals surface area contributed by atoms with Crippen LogP contribution in [0.3, 0.4) is 0 Å². The van der Waals surface area contributed by atoms with Crippen molar-refractivity contribution in [3.05, 3.63) is 72.6 Å². The van der Waals surface area contributed by atoms with Gasteiger partial charge in [-0.05, 0) is 67.4 Å². The van der Waals surface area contributed by atoms with Gasteiger partial charge in [0.2, 0.25) is 5.91 Å². The van der Waals surface area contributed by atoms with Crippen LogP contribution >= 0.6 is 0 Å². The molecule has 1 aromatic heterocycles. The fourth-order valence-electron chi connectivity index (χ4n) is 3.71. The van der Waals surface area contributed by atoms with Gasteiger partial charge < -0.3 is 9.47 Å². The third-order valence-electron chi connectivity index (χ3n) is 4.92. The Morgan fingerprint density at radius 2 is 1.82 bits per heavy atom. The van der Waals surface area contributed by atoms with Crippen LogP contribution in [0.4, 0.5) is 11.4 Å². The Labute approximate surface area is 164 Å². The number of fused-ring (bicyclic) bond motifs is 1. The largest absolute Gasteiger partial charge is 0.324 e. The Kier molecular flexibility index (Phi) is 4.47. The van der Waals surface area contributed by atoms with Crippen molar-refractivity contribution >= 4 is 27.3 Å². The first-order chi connectivity index (χ1) is 13.3. The van der Waals surface area contributed by atoms with Crippen LogP contribution in [0.15, 0.2) is 71.9 Å². The van der Waals surface area contributed by atoms with Crippen molar-refractivity contribution in [2.24, 2.45) is 0 Å². The van der Waals surface area contributed by atoms with E-state index in [2.05, 4.69) is 4.72 Å².